The molecular weight excluding hydrogens is 202 g/mol. The summed E-state index contributed by atoms with van der Waals surface area (Å²) in [6.45, 7) is 3.29. The van der Waals surface area contributed by atoms with Crippen molar-refractivity contribution in [2.75, 3.05) is 6.61 Å². The second kappa shape index (κ2) is 5.32. The highest BCUT2D eigenvalue weighted by Crippen LogP contribution is 2.20. The van der Waals surface area contributed by atoms with Gasteiger partial charge in [-0.15, -0.1) is 0 Å². The minimum atomic E-state index is 0.247. The van der Waals surface area contributed by atoms with Crippen molar-refractivity contribution in [3.05, 3.63) is 29.8 Å². The molecule has 1 fully saturated rings. The van der Waals surface area contributed by atoms with Gasteiger partial charge in [-0.25, -0.2) is 0 Å². The standard InChI is InChI=1S/C13H19NO2/c1-10-5-6-13(16-10)9-15-12-4-2-3-11(7-12)8-14/h2-4,7,10,13H,5-6,8-9,14H2,1H3. The maximum atomic E-state index is 5.70. The number of hydrogen-bond donors (Lipinski definition) is 1. The van der Waals surface area contributed by atoms with E-state index in [1.165, 1.54) is 0 Å². The van der Waals surface area contributed by atoms with Crippen LogP contribution in [0.15, 0.2) is 24.3 Å². The Labute approximate surface area is 96.5 Å². The molecule has 1 heterocycles. The van der Waals surface area contributed by atoms with E-state index in [1.807, 2.05) is 24.3 Å². The number of hydrogen-bond acceptors (Lipinski definition) is 3. The minimum Gasteiger partial charge on any atom is -0.491 e. The number of nitrogens with two attached hydrogens (primary N) is 1. The van der Waals surface area contributed by atoms with Crippen LogP contribution >= 0.6 is 0 Å². The SMILES string of the molecule is CC1CCC(COc2cccc(CN)c2)O1. The van der Waals surface area contributed by atoms with Gasteiger partial charge in [0.15, 0.2) is 0 Å². The van der Waals surface area contributed by atoms with Crippen LogP contribution in [0.4, 0.5) is 0 Å². The van der Waals surface area contributed by atoms with Gasteiger partial charge in [0.2, 0.25) is 0 Å². The third-order valence-electron chi connectivity index (χ3n) is 2.89. The summed E-state index contributed by atoms with van der Waals surface area (Å²) < 4.78 is 11.4. The average molecular weight is 221 g/mol. The molecule has 0 amide bonds. The Bertz CT molecular complexity index is 340. The van der Waals surface area contributed by atoms with E-state index in [2.05, 4.69) is 6.92 Å². The second-order valence-corrected chi connectivity index (χ2v) is 4.31. The molecule has 2 atom stereocenters. The van der Waals surface area contributed by atoms with Crippen molar-refractivity contribution in [1.29, 1.82) is 0 Å². The van der Waals surface area contributed by atoms with Gasteiger partial charge in [-0.3, -0.25) is 0 Å². The molecule has 1 aromatic rings. The Balaban J connectivity index is 1.84. The molecule has 0 spiro atoms. The highest BCUT2D eigenvalue weighted by molar-refractivity contribution is 5.28. The molecule has 0 radical (unpaired) electrons. The Hall–Kier alpha value is -1.06. The van der Waals surface area contributed by atoms with Gasteiger partial charge in [-0.2, -0.15) is 0 Å². The molecular formula is C13H19NO2. The van der Waals surface area contributed by atoms with Crippen LogP contribution in [-0.2, 0) is 11.3 Å². The van der Waals surface area contributed by atoms with Gasteiger partial charge in [-0.1, -0.05) is 12.1 Å². The summed E-state index contributed by atoms with van der Waals surface area (Å²) in [4.78, 5) is 0. The lowest BCUT2D eigenvalue weighted by Crippen LogP contribution is -2.17. The van der Waals surface area contributed by atoms with E-state index in [4.69, 9.17) is 15.2 Å². The van der Waals surface area contributed by atoms with Gasteiger partial charge in [0, 0.05) is 6.54 Å². The fourth-order valence-electron chi connectivity index (χ4n) is 1.96. The van der Waals surface area contributed by atoms with Gasteiger partial charge < -0.3 is 15.2 Å². The molecule has 88 valence electrons. The molecule has 2 unspecified atom stereocenters. The minimum absolute atomic E-state index is 0.247. The maximum absolute atomic E-state index is 5.70. The van der Waals surface area contributed by atoms with E-state index in [1.54, 1.807) is 0 Å². The van der Waals surface area contributed by atoms with Crippen molar-refractivity contribution < 1.29 is 9.47 Å². The fraction of sp³-hybridized carbons (Fsp3) is 0.538. The van der Waals surface area contributed by atoms with Crippen LogP contribution in [-0.4, -0.2) is 18.8 Å². The quantitative estimate of drug-likeness (QED) is 0.846. The van der Waals surface area contributed by atoms with Crippen molar-refractivity contribution in [2.24, 2.45) is 5.73 Å². The Morgan fingerprint density at radius 3 is 3.00 bits per heavy atom. The van der Waals surface area contributed by atoms with Crippen molar-refractivity contribution in [3.63, 3.8) is 0 Å². The Morgan fingerprint density at radius 1 is 1.44 bits per heavy atom. The van der Waals surface area contributed by atoms with E-state index in [-0.39, 0.29) is 6.10 Å². The molecule has 2 N–H and O–H groups in total. The molecule has 16 heavy (non-hydrogen) atoms. The van der Waals surface area contributed by atoms with E-state index in [0.29, 0.717) is 19.3 Å². The molecule has 1 saturated heterocycles. The average Bonchev–Trinajstić information content (AvgIpc) is 2.73. The highest BCUT2D eigenvalue weighted by Gasteiger charge is 2.22. The molecule has 1 aromatic carbocycles. The van der Waals surface area contributed by atoms with Gasteiger partial charge in [0.25, 0.3) is 0 Å². The van der Waals surface area contributed by atoms with E-state index < -0.39 is 0 Å². The molecule has 0 bridgehead atoms. The zero-order chi connectivity index (χ0) is 11.4. The fourth-order valence-corrected chi connectivity index (χ4v) is 1.96. The Kier molecular flexibility index (Phi) is 3.80. The zero-order valence-electron chi connectivity index (χ0n) is 9.69. The van der Waals surface area contributed by atoms with Crippen LogP contribution in [0.1, 0.15) is 25.3 Å². The maximum Gasteiger partial charge on any atom is 0.119 e. The summed E-state index contributed by atoms with van der Waals surface area (Å²) >= 11 is 0. The number of ether oxygens (including phenoxy) is 2. The van der Waals surface area contributed by atoms with Crippen LogP contribution < -0.4 is 10.5 Å². The van der Waals surface area contributed by atoms with Crippen molar-refractivity contribution in [3.8, 4) is 5.75 Å². The van der Waals surface area contributed by atoms with E-state index in [9.17, 15) is 0 Å². The predicted molar refractivity (Wildman–Crippen MR) is 63.4 cm³/mol. The first-order chi connectivity index (χ1) is 7.78. The van der Waals surface area contributed by atoms with Crippen LogP contribution in [0.5, 0.6) is 5.75 Å². The molecule has 3 heteroatoms. The largest absolute Gasteiger partial charge is 0.491 e. The van der Waals surface area contributed by atoms with Crippen molar-refractivity contribution in [2.45, 2.75) is 38.5 Å². The second-order valence-electron chi connectivity index (χ2n) is 4.31. The highest BCUT2D eigenvalue weighted by atomic mass is 16.5. The lowest BCUT2D eigenvalue weighted by Gasteiger charge is -2.13. The van der Waals surface area contributed by atoms with Gasteiger partial charge >= 0.3 is 0 Å². The summed E-state index contributed by atoms with van der Waals surface area (Å²) in [5.74, 6) is 0.881. The molecule has 2 rings (SSSR count). The first-order valence-corrected chi connectivity index (χ1v) is 5.85. The van der Waals surface area contributed by atoms with Crippen LogP contribution in [0.2, 0.25) is 0 Å². The summed E-state index contributed by atoms with van der Waals surface area (Å²) in [7, 11) is 0. The van der Waals surface area contributed by atoms with Crippen molar-refractivity contribution in [1.82, 2.24) is 0 Å². The molecule has 0 aromatic heterocycles. The smallest absolute Gasteiger partial charge is 0.119 e. The topological polar surface area (TPSA) is 44.5 Å². The zero-order valence-corrected chi connectivity index (χ0v) is 9.69. The predicted octanol–water partition coefficient (Wildman–Crippen LogP) is 2.09. The summed E-state index contributed by atoms with van der Waals surface area (Å²) in [6, 6.07) is 7.91. The molecule has 1 aliphatic rings. The summed E-state index contributed by atoms with van der Waals surface area (Å²) in [5, 5.41) is 0. The summed E-state index contributed by atoms with van der Waals surface area (Å²) in [5.41, 5.74) is 6.67. The third kappa shape index (κ3) is 2.97. The van der Waals surface area contributed by atoms with Gasteiger partial charge in [0.05, 0.1) is 12.2 Å². The first-order valence-electron chi connectivity index (χ1n) is 5.85. The summed E-state index contributed by atoms with van der Waals surface area (Å²) in [6.07, 6.45) is 2.86. The molecule has 0 saturated carbocycles. The van der Waals surface area contributed by atoms with Crippen LogP contribution in [0, 0.1) is 0 Å². The van der Waals surface area contributed by atoms with Crippen molar-refractivity contribution >= 4 is 0 Å². The molecule has 0 aliphatic carbocycles. The van der Waals surface area contributed by atoms with Gasteiger partial charge in [0.1, 0.15) is 12.4 Å². The van der Waals surface area contributed by atoms with E-state index >= 15 is 0 Å². The normalized spacial score (nSPS) is 24.6. The third-order valence-corrected chi connectivity index (χ3v) is 2.89. The van der Waals surface area contributed by atoms with E-state index in [0.717, 1.165) is 24.2 Å². The first kappa shape index (κ1) is 11.4. The number of rotatable bonds is 4. The lowest BCUT2D eigenvalue weighted by molar-refractivity contribution is 0.0264. The number of benzene rings is 1. The van der Waals surface area contributed by atoms with Gasteiger partial charge in [-0.05, 0) is 37.5 Å². The lowest BCUT2D eigenvalue weighted by atomic mass is 10.2. The van der Waals surface area contributed by atoms with Crippen LogP contribution in [0.3, 0.4) is 0 Å². The molecule has 1 aliphatic heterocycles. The Morgan fingerprint density at radius 2 is 2.31 bits per heavy atom. The molecule has 3 nitrogen and oxygen atoms in total. The van der Waals surface area contributed by atoms with Crippen LogP contribution in [0.25, 0.3) is 0 Å². The monoisotopic (exact) mass is 221 g/mol.